The molecule has 2 atom stereocenters. The molecule has 0 aromatic rings. The number of hydrogen-bond acceptors (Lipinski definition) is 0. The van der Waals surface area contributed by atoms with Gasteiger partial charge in [0.15, 0.2) is 0 Å². The lowest BCUT2D eigenvalue weighted by molar-refractivity contribution is 0.358. The second-order valence-electron chi connectivity index (χ2n) is 5.48. The van der Waals surface area contributed by atoms with Gasteiger partial charge in [-0.2, -0.15) is 0 Å². The van der Waals surface area contributed by atoms with E-state index in [4.69, 9.17) is 0 Å². The third kappa shape index (κ3) is 2.39. The van der Waals surface area contributed by atoms with Gasteiger partial charge in [-0.05, 0) is 50.2 Å². The summed E-state index contributed by atoms with van der Waals surface area (Å²) in [5.41, 5.74) is 2.28. The second-order valence-corrected chi connectivity index (χ2v) is 5.48. The van der Waals surface area contributed by atoms with Gasteiger partial charge < -0.3 is 0 Å². The summed E-state index contributed by atoms with van der Waals surface area (Å²) in [6.07, 6.45) is 10.9. The zero-order chi connectivity index (χ0) is 11.5. The lowest BCUT2D eigenvalue weighted by Crippen LogP contribution is -2.21. The molecule has 0 aromatic heterocycles. The van der Waals surface area contributed by atoms with E-state index in [1.165, 1.54) is 50.5 Å². The molecule has 0 amide bonds. The quantitative estimate of drug-likeness (QED) is 0.530. The lowest BCUT2D eigenvalue weighted by atomic mass is 9.74. The average molecular weight is 222 g/mol. The highest BCUT2D eigenvalue weighted by molar-refractivity contribution is 5.31. The highest BCUT2D eigenvalue weighted by atomic mass is 19.1. The summed E-state index contributed by atoms with van der Waals surface area (Å²) in [6, 6.07) is 0. The van der Waals surface area contributed by atoms with Crippen molar-refractivity contribution < 1.29 is 4.39 Å². The SMILES string of the molecule is CC1=CC(F)=C(C)C2CCCCCCCC12. The Hall–Kier alpha value is -0.590. The summed E-state index contributed by atoms with van der Waals surface area (Å²) >= 11 is 0. The number of rotatable bonds is 0. The molecule has 0 nitrogen and oxygen atoms in total. The molecular formula is C15H23F. The van der Waals surface area contributed by atoms with Gasteiger partial charge in [-0.15, -0.1) is 0 Å². The van der Waals surface area contributed by atoms with Gasteiger partial charge >= 0.3 is 0 Å². The first kappa shape index (κ1) is 11.9. The largest absolute Gasteiger partial charge is 0.207 e. The monoisotopic (exact) mass is 222 g/mol. The van der Waals surface area contributed by atoms with Crippen molar-refractivity contribution in [2.45, 2.75) is 58.8 Å². The molecule has 2 unspecified atom stereocenters. The summed E-state index contributed by atoms with van der Waals surface area (Å²) in [4.78, 5) is 0. The molecule has 0 heterocycles. The summed E-state index contributed by atoms with van der Waals surface area (Å²) in [7, 11) is 0. The third-order valence-corrected chi connectivity index (χ3v) is 4.39. The number of hydrogen-bond donors (Lipinski definition) is 0. The van der Waals surface area contributed by atoms with Crippen molar-refractivity contribution in [1.29, 1.82) is 0 Å². The Bertz CT molecular complexity index is 311. The lowest BCUT2D eigenvalue weighted by Gasteiger charge is -2.32. The van der Waals surface area contributed by atoms with E-state index < -0.39 is 0 Å². The molecule has 0 radical (unpaired) electrons. The Labute approximate surface area is 98.6 Å². The minimum absolute atomic E-state index is 0.0398. The molecule has 90 valence electrons. The summed E-state index contributed by atoms with van der Waals surface area (Å²) < 4.78 is 13.7. The first-order chi connectivity index (χ1) is 7.70. The maximum Gasteiger partial charge on any atom is 0.122 e. The van der Waals surface area contributed by atoms with Gasteiger partial charge in [-0.3, -0.25) is 0 Å². The van der Waals surface area contributed by atoms with E-state index in [-0.39, 0.29) is 5.83 Å². The molecule has 1 saturated carbocycles. The van der Waals surface area contributed by atoms with Crippen molar-refractivity contribution in [1.82, 2.24) is 0 Å². The van der Waals surface area contributed by atoms with Crippen LogP contribution in [0, 0.1) is 11.8 Å². The van der Waals surface area contributed by atoms with Crippen molar-refractivity contribution in [2.75, 3.05) is 0 Å². The number of halogens is 1. The van der Waals surface area contributed by atoms with E-state index >= 15 is 0 Å². The van der Waals surface area contributed by atoms with E-state index in [1.807, 2.05) is 6.92 Å². The van der Waals surface area contributed by atoms with Crippen molar-refractivity contribution in [3.63, 3.8) is 0 Å². The topological polar surface area (TPSA) is 0 Å². The molecular weight excluding hydrogens is 199 g/mol. The van der Waals surface area contributed by atoms with Gasteiger partial charge in [-0.25, -0.2) is 4.39 Å². The van der Waals surface area contributed by atoms with Crippen LogP contribution in [0.25, 0.3) is 0 Å². The van der Waals surface area contributed by atoms with Crippen LogP contribution in [0.3, 0.4) is 0 Å². The molecule has 2 aliphatic rings. The zero-order valence-electron chi connectivity index (χ0n) is 10.6. The van der Waals surface area contributed by atoms with Crippen molar-refractivity contribution in [3.8, 4) is 0 Å². The molecule has 0 saturated heterocycles. The molecule has 2 rings (SSSR count). The van der Waals surface area contributed by atoms with Gasteiger partial charge in [0, 0.05) is 0 Å². The van der Waals surface area contributed by atoms with Crippen LogP contribution < -0.4 is 0 Å². The van der Waals surface area contributed by atoms with Crippen LogP contribution in [-0.2, 0) is 0 Å². The second kappa shape index (κ2) is 5.16. The average Bonchev–Trinajstić information content (AvgIpc) is 2.37. The predicted molar refractivity (Wildman–Crippen MR) is 66.9 cm³/mol. The number of fused-ring (bicyclic) bond motifs is 1. The van der Waals surface area contributed by atoms with Crippen LogP contribution in [0.4, 0.5) is 4.39 Å². The van der Waals surface area contributed by atoms with E-state index in [0.29, 0.717) is 11.8 Å². The fraction of sp³-hybridized carbons (Fsp3) is 0.733. The van der Waals surface area contributed by atoms with Crippen molar-refractivity contribution in [3.05, 3.63) is 23.0 Å². The van der Waals surface area contributed by atoms with E-state index in [9.17, 15) is 4.39 Å². The zero-order valence-corrected chi connectivity index (χ0v) is 10.6. The van der Waals surface area contributed by atoms with Crippen LogP contribution in [0.15, 0.2) is 23.0 Å². The van der Waals surface area contributed by atoms with Crippen LogP contribution in [-0.4, -0.2) is 0 Å². The molecule has 0 bridgehead atoms. The highest BCUT2D eigenvalue weighted by Gasteiger charge is 2.29. The third-order valence-electron chi connectivity index (χ3n) is 4.39. The summed E-state index contributed by atoms with van der Waals surface area (Å²) in [5.74, 6) is 1.15. The Balaban J connectivity index is 2.21. The smallest absolute Gasteiger partial charge is 0.122 e. The van der Waals surface area contributed by atoms with Crippen LogP contribution in [0.2, 0.25) is 0 Å². The normalized spacial score (nSPS) is 32.3. The Morgan fingerprint density at radius 3 is 2.19 bits per heavy atom. The molecule has 1 heteroatoms. The van der Waals surface area contributed by atoms with Crippen molar-refractivity contribution in [2.24, 2.45) is 11.8 Å². The van der Waals surface area contributed by atoms with Gasteiger partial charge in [0.25, 0.3) is 0 Å². The standard InChI is InChI=1S/C15H23F/c1-11-10-15(16)12(2)14-9-7-5-3-4-6-8-13(11)14/h10,13-14H,3-9H2,1-2H3. The van der Waals surface area contributed by atoms with Gasteiger partial charge in [0.1, 0.15) is 5.83 Å². The van der Waals surface area contributed by atoms with Gasteiger partial charge in [0.05, 0.1) is 0 Å². The fourth-order valence-electron chi connectivity index (χ4n) is 3.32. The maximum atomic E-state index is 13.7. The number of allylic oxidation sites excluding steroid dienone is 4. The molecule has 1 fully saturated rings. The van der Waals surface area contributed by atoms with Crippen LogP contribution in [0.1, 0.15) is 58.8 Å². The minimum atomic E-state index is 0.0398. The highest BCUT2D eigenvalue weighted by Crippen LogP contribution is 2.41. The van der Waals surface area contributed by atoms with Gasteiger partial charge in [0.2, 0.25) is 0 Å². The van der Waals surface area contributed by atoms with Gasteiger partial charge in [-0.1, -0.05) is 37.7 Å². The summed E-state index contributed by atoms with van der Waals surface area (Å²) in [6.45, 7) is 4.11. The Morgan fingerprint density at radius 1 is 0.938 bits per heavy atom. The Morgan fingerprint density at radius 2 is 1.50 bits per heavy atom. The van der Waals surface area contributed by atoms with E-state index in [1.54, 1.807) is 6.08 Å². The molecule has 0 aliphatic heterocycles. The molecule has 0 aromatic carbocycles. The minimum Gasteiger partial charge on any atom is -0.207 e. The first-order valence-corrected chi connectivity index (χ1v) is 6.74. The van der Waals surface area contributed by atoms with E-state index in [0.717, 1.165) is 5.57 Å². The maximum absolute atomic E-state index is 13.7. The molecule has 16 heavy (non-hydrogen) atoms. The van der Waals surface area contributed by atoms with Crippen LogP contribution >= 0.6 is 0 Å². The Kier molecular flexibility index (Phi) is 3.83. The summed E-state index contributed by atoms with van der Waals surface area (Å²) in [5, 5.41) is 0. The van der Waals surface area contributed by atoms with E-state index in [2.05, 4.69) is 6.92 Å². The predicted octanol–water partition coefficient (Wildman–Crippen LogP) is 5.17. The first-order valence-electron chi connectivity index (χ1n) is 6.74. The van der Waals surface area contributed by atoms with Crippen molar-refractivity contribution >= 4 is 0 Å². The molecule has 2 aliphatic carbocycles. The van der Waals surface area contributed by atoms with Crippen LogP contribution in [0.5, 0.6) is 0 Å². The molecule has 0 spiro atoms. The molecule has 0 N–H and O–H groups in total. The fourth-order valence-corrected chi connectivity index (χ4v) is 3.32.